The van der Waals surface area contributed by atoms with Crippen LogP contribution >= 0.6 is 0 Å². The van der Waals surface area contributed by atoms with E-state index in [1.807, 2.05) is 16.9 Å². The molecule has 0 spiro atoms. The van der Waals surface area contributed by atoms with Crippen LogP contribution in [0, 0.1) is 0 Å². The minimum atomic E-state index is -0.250. The van der Waals surface area contributed by atoms with Gasteiger partial charge in [0.1, 0.15) is 5.70 Å². The number of benzene rings is 1. The second-order valence-electron chi connectivity index (χ2n) is 7.97. The van der Waals surface area contributed by atoms with Gasteiger partial charge in [-0.3, -0.25) is 14.4 Å². The summed E-state index contributed by atoms with van der Waals surface area (Å²) in [6.07, 6.45) is 8.64. The second-order valence-corrected chi connectivity index (χ2v) is 7.97. The summed E-state index contributed by atoms with van der Waals surface area (Å²) in [5.74, 6) is 5.59. The van der Waals surface area contributed by atoms with Gasteiger partial charge in [0.15, 0.2) is 0 Å². The van der Waals surface area contributed by atoms with E-state index in [4.69, 9.17) is 11.6 Å². The smallest absolute Gasteiger partial charge is 0.269 e. The van der Waals surface area contributed by atoms with E-state index in [1.165, 1.54) is 22.3 Å². The summed E-state index contributed by atoms with van der Waals surface area (Å²) < 4.78 is 1.99. The molecule has 1 aromatic carbocycles. The normalized spacial score (nSPS) is 17.8. The molecule has 8 nitrogen and oxygen atoms in total. The largest absolute Gasteiger partial charge is 0.393 e. The van der Waals surface area contributed by atoms with E-state index < -0.39 is 0 Å². The van der Waals surface area contributed by atoms with E-state index in [0.717, 1.165) is 45.4 Å². The van der Waals surface area contributed by atoms with Crippen molar-refractivity contribution in [3.05, 3.63) is 65.7 Å². The zero-order valence-electron chi connectivity index (χ0n) is 16.6. The molecule has 154 valence electrons. The Morgan fingerprint density at radius 2 is 2.00 bits per heavy atom. The molecule has 1 aliphatic carbocycles. The molecule has 5 N–H and O–H groups in total. The number of nitrogens with one attached hydrogen (secondary N) is 1. The number of likely N-dealkylation sites (tertiary alicyclic amines) is 1. The van der Waals surface area contributed by atoms with Gasteiger partial charge in [-0.05, 0) is 24.8 Å². The zero-order chi connectivity index (χ0) is 20.2. The third-order valence-corrected chi connectivity index (χ3v) is 5.38. The Balaban J connectivity index is 1.17. The average molecular weight is 396 g/mol. The summed E-state index contributed by atoms with van der Waals surface area (Å²) in [6.45, 7) is 3.32. The van der Waals surface area contributed by atoms with Crippen molar-refractivity contribution in [2.24, 2.45) is 11.6 Å². The highest BCUT2D eigenvalue weighted by atomic mass is 16.2. The van der Waals surface area contributed by atoms with Crippen LogP contribution in [0.25, 0.3) is 0 Å². The molecule has 29 heavy (non-hydrogen) atoms. The van der Waals surface area contributed by atoms with Crippen molar-refractivity contribution in [3.63, 3.8) is 0 Å². The van der Waals surface area contributed by atoms with Crippen LogP contribution in [0.2, 0.25) is 0 Å². The minimum absolute atomic E-state index is 0.120. The third kappa shape index (κ3) is 5.36. The molecule has 4 rings (SSSR count). The predicted octanol–water partition coefficient (Wildman–Crippen LogP) is 0.564. The van der Waals surface area contributed by atoms with E-state index in [2.05, 4.69) is 45.8 Å². The van der Waals surface area contributed by atoms with Crippen LogP contribution in [0.4, 0.5) is 0 Å². The Labute approximate surface area is 171 Å². The number of carbonyl (C=O) groups is 1. The van der Waals surface area contributed by atoms with Crippen molar-refractivity contribution >= 4 is 5.91 Å². The number of hydrazine groups is 1. The minimum Gasteiger partial charge on any atom is -0.393 e. The number of amides is 1. The maximum absolute atomic E-state index is 12.2. The van der Waals surface area contributed by atoms with Crippen LogP contribution in [0.3, 0.4) is 0 Å². The molecule has 1 saturated carbocycles. The van der Waals surface area contributed by atoms with Gasteiger partial charge in [-0.2, -0.15) is 5.10 Å². The summed E-state index contributed by atoms with van der Waals surface area (Å²) in [7, 11) is 0. The number of rotatable bonds is 9. The van der Waals surface area contributed by atoms with Gasteiger partial charge in [0, 0.05) is 50.2 Å². The quantitative estimate of drug-likeness (QED) is 0.326. The summed E-state index contributed by atoms with van der Waals surface area (Å²) in [4.78, 5) is 14.4. The van der Waals surface area contributed by atoms with Crippen molar-refractivity contribution < 1.29 is 4.79 Å². The highest BCUT2D eigenvalue weighted by Crippen LogP contribution is 2.24. The van der Waals surface area contributed by atoms with Crippen molar-refractivity contribution in [2.75, 3.05) is 13.1 Å². The monoisotopic (exact) mass is 395 g/mol. The van der Waals surface area contributed by atoms with Gasteiger partial charge in [-0.25, -0.2) is 5.84 Å². The Hall–Kier alpha value is -2.84. The Kier molecular flexibility index (Phi) is 5.82. The molecule has 2 fully saturated rings. The standard InChI is InChI=1S/C21H29N7O/c22-20(15-28(23)19-6-7-19)21(29)25-18-13-26(14-18)11-17-10-24-27(12-17)9-8-16-4-2-1-3-5-16/h1-5,10,12,15,18-19H,6-9,11,13-14,22-23H2,(H,25,29)/b20-15-. The number of hydrogen-bond acceptors (Lipinski definition) is 6. The molecule has 1 aromatic heterocycles. The number of aromatic nitrogens is 2. The fourth-order valence-electron chi connectivity index (χ4n) is 3.51. The number of carbonyl (C=O) groups excluding carboxylic acids is 1. The van der Waals surface area contributed by atoms with Crippen LogP contribution in [0.15, 0.2) is 54.6 Å². The van der Waals surface area contributed by atoms with Gasteiger partial charge in [0.05, 0.1) is 12.2 Å². The van der Waals surface area contributed by atoms with E-state index in [-0.39, 0.29) is 17.6 Å². The van der Waals surface area contributed by atoms with E-state index in [9.17, 15) is 4.79 Å². The molecule has 2 aromatic rings. The second kappa shape index (κ2) is 8.67. The molecule has 2 heterocycles. The molecular weight excluding hydrogens is 366 g/mol. The summed E-state index contributed by atoms with van der Waals surface area (Å²) in [5.41, 5.74) is 8.51. The maximum atomic E-state index is 12.2. The molecular formula is C21H29N7O. The highest BCUT2D eigenvalue weighted by Gasteiger charge is 2.29. The summed E-state index contributed by atoms with van der Waals surface area (Å²) >= 11 is 0. The lowest BCUT2D eigenvalue weighted by Crippen LogP contribution is -2.59. The van der Waals surface area contributed by atoms with Gasteiger partial charge in [0.2, 0.25) is 0 Å². The van der Waals surface area contributed by atoms with Gasteiger partial charge < -0.3 is 16.1 Å². The Morgan fingerprint density at radius 1 is 1.24 bits per heavy atom. The average Bonchev–Trinajstić information content (AvgIpc) is 3.45. The topological polar surface area (TPSA) is 105 Å². The zero-order valence-corrected chi connectivity index (χ0v) is 16.6. The van der Waals surface area contributed by atoms with E-state index >= 15 is 0 Å². The van der Waals surface area contributed by atoms with Gasteiger partial charge in [-0.15, -0.1) is 0 Å². The molecule has 1 amide bonds. The van der Waals surface area contributed by atoms with Gasteiger partial charge in [0.25, 0.3) is 5.91 Å². The van der Waals surface area contributed by atoms with Crippen molar-refractivity contribution in [1.82, 2.24) is 25.0 Å². The summed E-state index contributed by atoms with van der Waals surface area (Å²) in [6, 6.07) is 10.9. The van der Waals surface area contributed by atoms with Crippen LogP contribution in [0.1, 0.15) is 24.0 Å². The lowest BCUT2D eigenvalue weighted by atomic mass is 10.1. The van der Waals surface area contributed by atoms with Crippen LogP contribution in [0.5, 0.6) is 0 Å². The third-order valence-electron chi connectivity index (χ3n) is 5.38. The molecule has 0 bridgehead atoms. The van der Waals surface area contributed by atoms with Gasteiger partial charge >= 0.3 is 0 Å². The first-order valence-electron chi connectivity index (χ1n) is 10.2. The lowest BCUT2D eigenvalue weighted by Gasteiger charge is -2.39. The van der Waals surface area contributed by atoms with E-state index in [0.29, 0.717) is 6.04 Å². The highest BCUT2D eigenvalue weighted by molar-refractivity contribution is 5.92. The number of nitrogens with zero attached hydrogens (tertiary/aromatic N) is 4. The van der Waals surface area contributed by atoms with Crippen LogP contribution in [-0.4, -0.2) is 50.8 Å². The molecule has 0 unspecified atom stereocenters. The Morgan fingerprint density at radius 3 is 2.72 bits per heavy atom. The molecule has 0 atom stereocenters. The molecule has 8 heteroatoms. The van der Waals surface area contributed by atoms with Crippen LogP contribution < -0.4 is 16.9 Å². The first-order valence-corrected chi connectivity index (χ1v) is 10.2. The molecule has 2 aliphatic rings. The fourth-order valence-corrected chi connectivity index (χ4v) is 3.51. The van der Waals surface area contributed by atoms with Gasteiger partial charge in [-0.1, -0.05) is 30.3 Å². The van der Waals surface area contributed by atoms with Crippen molar-refractivity contribution in [1.29, 1.82) is 0 Å². The number of nitrogens with two attached hydrogens (primary N) is 2. The number of aryl methyl sites for hydroxylation is 2. The van der Waals surface area contributed by atoms with Crippen molar-refractivity contribution in [3.8, 4) is 0 Å². The molecule has 1 aliphatic heterocycles. The first kappa shape index (κ1) is 19.5. The molecule has 1 saturated heterocycles. The number of hydrogen-bond donors (Lipinski definition) is 3. The lowest BCUT2D eigenvalue weighted by molar-refractivity contribution is -0.119. The fraction of sp³-hybridized carbons (Fsp3) is 0.429. The maximum Gasteiger partial charge on any atom is 0.269 e. The molecule has 0 radical (unpaired) electrons. The van der Waals surface area contributed by atoms with E-state index in [1.54, 1.807) is 0 Å². The first-order chi connectivity index (χ1) is 14.1. The summed E-state index contributed by atoms with van der Waals surface area (Å²) in [5, 5.41) is 8.96. The SMILES string of the molecule is N/C(=C\N(N)C1CC1)C(=O)NC1CN(Cc2cnn(CCc3ccccc3)c2)C1. The van der Waals surface area contributed by atoms with Crippen LogP contribution in [-0.2, 0) is 24.3 Å². The van der Waals surface area contributed by atoms with Crippen molar-refractivity contribution in [2.45, 2.75) is 44.4 Å². The Bertz CT molecular complexity index is 853. The predicted molar refractivity (Wildman–Crippen MR) is 111 cm³/mol.